The van der Waals surface area contributed by atoms with Gasteiger partial charge in [-0.15, -0.1) is 0 Å². The Bertz CT molecular complexity index is 383. The van der Waals surface area contributed by atoms with Gasteiger partial charge < -0.3 is 4.57 Å². The van der Waals surface area contributed by atoms with Gasteiger partial charge in [-0.1, -0.05) is 26.0 Å². The fraction of sp³-hybridized carbons (Fsp3) is 0.462. The lowest BCUT2D eigenvalue weighted by Crippen LogP contribution is -1.97. The van der Waals surface area contributed by atoms with Crippen molar-refractivity contribution in [1.82, 2.24) is 9.55 Å². The normalized spacial score (nSPS) is 11.9. The third-order valence-electron chi connectivity index (χ3n) is 2.73. The van der Waals surface area contributed by atoms with Crippen LogP contribution < -0.4 is 0 Å². The summed E-state index contributed by atoms with van der Waals surface area (Å²) in [6.45, 7) is 12.4. The minimum absolute atomic E-state index is 0.998. The van der Waals surface area contributed by atoms with E-state index < -0.39 is 0 Å². The fourth-order valence-electron chi connectivity index (χ4n) is 1.50. The van der Waals surface area contributed by atoms with E-state index in [4.69, 9.17) is 0 Å². The van der Waals surface area contributed by atoms with Gasteiger partial charge in [0.2, 0.25) is 0 Å². The highest BCUT2D eigenvalue weighted by molar-refractivity contribution is 5.43. The van der Waals surface area contributed by atoms with Crippen LogP contribution in [0.3, 0.4) is 0 Å². The molecule has 0 aromatic carbocycles. The molecule has 15 heavy (non-hydrogen) atoms. The molecular formula is C13H20N2. The smallest absolute Gasteiger partial charge is 0.109 e. The molecule has 0 atom stereocenters. The van der Waals surface area contributed by atoms with Crippen molar-refractivity contribution in [2.75, 3.05) is 0 Å². The minimum atomic E-state index is 0.998. The zero-order valence-electron chi connectivity index (χ0n) is 10.2. The molecule has 1 heterocycles. The van der Waals surface area contributed by atoms with Gasteiger partial charge in [-0.05, 0) is 32.3 Å². The molecule has 82 valence electrons. The predicted octanol–water partition coefficient (Wildman–Crippen LogP) is 3.58. The molecule has 0 amide bonds. The molecule has 1 rings (SSSR count). The molecule has 1 aromatic heterocycles. The Morgan fingerprint density at radius 3 is 2.73 bits per heavy atom. The lowest BCUT2D eigenvalue weighted by molar-refractivity contribution is 0.930. The average Bonchev–Trinajstić information content (AvgIpc) is 2.59. The summed E-state index contributed by atoms with van der Waals surface area (Å²) < 4.78 is 2.15. The monoisotopic (exact) mass is 204 g/mol. The summed E-state index contributed by atoms with van der Waals surface area (Å²) in [5.41, 5.74) is 3.66. The molecular weight excluding hydrogens is 184 g/mol. The van der Waals surface area contributed by atoms with E-state index in [2.05, 4.69) is 43.1 Å². The van der Waals surface area contributed by atoms with Crippen molar-refractivity contribution >= 4 is 6.20 Å². The van der Waals surface area contributed by atoms with Crippen LogP contribution in [0.25, 0.3) is 6.20 Å². The first-order chi connectivity index (χ1) is 7.10. The number of rotatable bonds is 4. The van der Waals surface area contributed by atoms with Crippen molar-refractivity contribution < 1.29 is 0 Å². The second-order valence-corrected chi connectivity index (χ2v) is 3.79. The van der Waals surface area contributed by atoms with E-state index in [0.717, 1.165) is 18.7 Å². The molecule has 0 fully saturated rings. The SMILES string of the molecule is C=C(CC)C(C)=Cn1c(CC)cnc1C. The Kier molecular flexibility index (Phi) is 3.89. The van der Waals surface area contributed by atoms with E-state index >= 15 is 0 Å². The third-order valence-corrected chi connectivity index (χ3v) is 2.73. The molecule has 2 nitrogen and oxygen atoms in total. The largest absolute Gasteiger partial charge is 0.308 e. The molecule has 0 spiro atoms. The van der Waals surface area contributed by atoms with E-state index in [1.54, 1.807) is 0 Å². The summed E-state index contributed by atoms with van der Waals surface area (Å²) in [6.07, 6.45) is 6.07. The maximum absolute atomic E-state index is 4.31. The number of imidazole rings is 1. The van der Waals surface area contributed by atoms with Gasteiger partial charge in [0.25, 0.3) is 0 Å². The van der Waals surface area contributed by atoms with Crippen LogP contribution in [0.15, 0.2) is 23.9 Å². The van der Waals surface area contributed by atoms with Gasteiger partial charge in [0.15, 0.2) is 0 Å². The Hall–Kier alpha value is -1.31. The van der Waals surface area contributed by atoms with Gasteiger partial charge in [0, 0.05) is 18.1 Å². The van der Waals surface area contributed by atoms with Crippen molar-refractivity contribution in [3.8, 4) is 0 Å². The maximum Gasteiger partial charge on any atom is 0.109 e. The highest BCUT2D eigenvalue weighted by Gasteiger charge is 2.03. The van der Waals surface area contributed by atoms with Crippen LogP contribution in [0.5, 0.6) is 0 Å². The number of nitrogens with zero attached hydrogens (tertiary/aromatic N) is 2. The molecule has 0 aliphatic carbocycles. The quantitative estimate of drug-likeness (QED) is 0.685. The van der Waals surface area contributed by atoms with Crippen molar-refractivity contribution in [2.24, 2.45) is 0 Å². The lowest BCUT2D eigenvalue weighted by atomic mass is 10.1. The van der Waals surface area contributed by atoms with E-state index in [0.29, 0.717) is 0 Å². The fourth-order valence-corrected chi connectivity index (χ4v) is 1.50. The van der Waals surface area contributed by atoms with Crippen LogP contribution in [-0.2, 0) is 6.42 Å². The molecule has 0 unspecified atom stereocenters. The summed E-state index contributed by atoms with van der Waals surface area (Å²) in [4.78, 5) is 4.31. The Morgan fingerprint density at radius 2 is 2.20 bits per heavy atom. The van der Waals surface area contributed by atoms with Crippen LogP contribution in [0.4, 0.5) is 0 Å². The minimum Gasteiger partial charge on any atom is -0.308 e. The van der Waals surface area contributed by atoms with Crippen LogP contribution in [0, 0.1) is 6.92 Å². The second kappa shape index (κ2) is 4.96. The summed E-state index contributed by atoms with van der Waals surface area (Å²) in [7, 11) is 0. The zero-order chi connectivity index (χ0) is 11.4. The third kappa shape index (κ3) is 2.58. The summed E-state index contributed by atoms with van der Waals surface area (Å²) in [5.74, 6) is 1.04. The topological polar surface area (TPSA) is 17.8 Å². The molecule has 0 saturated heterocycles. The van der Waals surface area contributed by atoms with Crippen molar-refractivity contribution in [1.29, 1.82) is 0 Å². The molecule has 0 bridgehead atoms. The second-order valence-electron chi connectivity index (χ2n) is 3.79. The number of hydrogen-bond acceptors (Lipinski definition) is 1. The molecule has 0 aliphatic heterocycles. The summed E-state index contributed by atoms with van der Waals surface area (Å²) in [6, 6.07) is 0. The first-order valence-electron chi connectivity index (χ1n) is 5.49. The van der Waals surface area contributed by atoms with Crippen LogP contribution in [-0.4, -0.2) is 9.55 Å². The predicted molar refractivity (Wildman–Crippen MR) is 65.7 cm³/mol. The van der Waals surface area contributed by atoms with Gasteiger partial charge in [-0.2, -0.15) is 0 Å². The number of allylic oxidation sites excluding steroid dienone is 2. The lowest BCUT2D eigenvalue weighted by Gasteiger charge is -2.07. The molecule has 1 aromatic rings. The molecule has 0 radical (unpaired) electrons. The number of hydrogen-bond donors (Lipinski definition) is 0. The van der Waals surface area contributed by atoms with Crippen LogP contribution in [0.2, 0.25) is 0 Å². The Balaban J connectivity index is 3.06. The van der Waals surface area contributed by atoms with Gasteiger partial charge in [0.05, 0.1) is 0 Å². The van der Waals surface area contributed by atoms with E-state index in [-0.39, 0.29) is 0 Å². The summed E-state index contributed by atoms with van der Waals surface area (Å²) in [5, 5.41) is 0. The van der Waals surface area contributed by atoms with Crippen molar-refractivity contribution in [3.63, 3.8) is 0 Å². The molecule has 0 N–H and O–H groups in total. The van der Waals surface area contributed by atoms with Crippen LogP contribution in [0.1, 0.15) is 38.7 Å². The van der Waals surface area contributed by atoms with Gasteiger partial charge in [-0.25, -0.2) is 4.98 Å². The summed E-state index contributed by atoms with van der Waals surface area (Å²) >= 11 is 0. The van der Waals surface area contributed by atoms with Crippen molar-refractivity contribution in [2.45, 2.75) is 40.5 Å². The van der Waals surface area contributed by atoms with Gasteiger partial charge in [-0.3, -0.25) is 0 Å². The van der Waals surface area contributed by atoms with Crippen molar-refractivity contribution in [3.05, 3.63) is 35.4 Å². The average molecular weight is 204 g/mol. The van der Waals surface area contributed by atoms with Gasteiger partial charge in [0.1, 0.15) is 5.82 Å². The molecule has 0 saturated carbocycles. The molecule has 2 heteroatoms. The first kappa shape index (κ1) is 11.8. The highest BCUT2D eigenvalue weighted by Crippen LogP contribution is 2.14. The maximum atomic E-state index is 4.31. The zero-order valence-corrected chi connectivity index (χ0v) is 10.2. The first-order valence-corrected chi connectivity index (χ1v) is 5.49. The number of aromatic nitrogens is 2. The highest BCUT2D eigenvalue weighted by atomic mass is 15.1. The van der Waals surface area contributed by atoms with E-state index in [1.807, 2.05) is 13.1 Å². The Labute approximate surface area is 92.3 Å². The molecule has 0 aliphatic rings. The van der Waals surface area contributed by atoms with Crippen LogP contribution >= 0.6 is 0 Å². The van der Waals surface area contributed by atoms with E-state index in [9.17, 15) is 0 Å². The Morgan fingerprint density at radius 1 is 1.53 bits per heavy atom. The number of aryl methyl sites for hydroxylation is 2. The van der Waals surface area contributed by atoms with Gasteiger partial charge >= 0.3 is 0 Å². The van der Waals surface area contributed by atoms with E-state index in [1.165, 1.54) is 16.8 Å². The standard InChI is InChI=1S/C13H20N2/c1-6-10(3)11(4)9-15-12(5)14-8-13(15)7-2/h8-9H,3,6-7H2,1-2,4-5H3.